The van der Waals surface area contributed by atoms with Gasteiger partial charge in [0.2, 0.25) is 0 Å². The summed E-state index contributed by atoms with van der Waals surface area (Å²) in [4.78, 5) is 10.6. The van der Waals surface area contributed by atoms with Gasteiger partial charge in [-0.3, -0.25) is 0 Å². The maximum absolute atomic E-state index is 10.6. The maximum Gasteiger partial charge on any atom is 0.332 e. The van der Waals surface area contributed by atoms with Crippen molar-refractivity contribution in [2.24, 2.45) is 10.8 Å². The van der Waals surface area contributed by atoms with Crippen molar-refractivity contribution in [3.05, 3.63) is 11.1 Å². The van der Waals surface area contributed by atoms with E-state index < -0.39 is 6.03 Å². The molecule has 0 unspecified atom stereocenters. The molecule has 4 nitrogen and oxygen atoms in total. The van der Waals surface area contributed by atoms with Gasteiger partial charge in [-0.15, -0.1) is 0 Å². The standard InChI is InChI=1S/C11H17N3O/c12-11(15)14-13-10-7-3-5-8-4-1-2-6-9(8)10/h1-7H2,(H3,12,14,15). The topological polar surface area (TPSA) is 67.5 Å². The molecule has 0 fully saturated rings. The van der Waals surface area contributed by atoms with Crippen LogP contribution in [0.25, 0.3) is 0 Å². The lowest BCUT2D eigenvalue weighted by Crippen LogP contribution is -2.27. The van der Waals surface area contributed by atoms with Gasteiger partial charge in [-0.1, -0.05) is 5.57 Å². The third-order valence-corrected chi connectivity index (χ3v) is 3.12. The number of carbonyl (C=O) groups is 1. The maximum atomic E-state index is 10.6. The predicted molar refractivity (Wildman–Crippen MR) is 59.5 cm³/mol. The van der Waals surface area contributed by atoms with Crippen LogP contribution in [0.3, 0.4) is 0 Å². The fourth-order valence-corrected chi connectivity index (χ4v) is 2.46. The summed E-state index contributed by atoms with van der Waals surface area (Å²) in [6, 6.07) is -0.578. The van der Waals surface area contributed by atoms with Gasteiger partial charge in [0.15, 0.2) is 0 Å². The smallest absolute Gasteiger partial charge is 0.332 e. The lowest BCUT2D eigenvalue weighted by molar-refractivity contribution is 0.249. The summed E-state index contributed by atoms with van der Waals surface area (Å²) in [5, 5.41) is 4.10. The number of nitrogens with two attached hydrogens (primary N) is 1. The number of urea groups is 1. The third-order valence-electron chi connectivity index (χ3n) is 3.12. The molecule has 0 aliphatic heterocycles. The van der Waals surface area contributed by atoms with Crippen molar-refractivity contribution < 1.29 is 4.79 Å². The molecule has 0 saturated heterocycles. The van der Waals surface area contributed by atoms with Crippen LogP contribution in [0.4, 0.5) is 4.79 Å². The number of rotatable bonds is 1. The van der Waals surface area contributed by atoms with Gasteiger partial charge in [-0.2, -0.15) is 5.10 Å². The number of hydrogen-bond acceptors (Lipinski definition) is 2. The number of carbonyl (C=O) groups excluding carboxylic acids is 1. The minimum atomic E-state index is -0.578. The number of allylic oxidation sites excluding steroid dienone is 2. The number of hydrazone groups is 1. The Morgan fingerprint density at radius 3 is 2.67 bits per heavy atom. The van der Waals surface area contributed by atoms with Crippen molar-refractivity contribution in [2.45, 2.75) is 44.9 Å². The highest BCUT2D eigenvalue weighted by molar-refractivity contribution is 6.02. The summed E-state index contributed by atoms with van der Waals surface area (Å²) < 4.78 is 0. The van der Waals surface area contributed by atoms with E-state index in [2.05, 4.69) is 10.5 Å². The third kappa shape index (κ3) is 2.37. The fourth-order valence-electron chi connectivity index (χ4n) is 2.46. The van der Waals surface area contributed by atoms with E-state index >= 15 is 0 Å². The van der Waals surface area contributed by atoms with Gasteiger partial charge in [0.1, 0.15) is 0 Å². The Kier molecular flexibility index (Phi) is 3.04. The molecule has 0 heterocycles. The monoisotopic (exact) mass is 207 g/mol. The van der Waals surface area contributed by atoms with Crippen molar-refractivity contribution in [1.82, 2.24) is 5.43 Å². The summed E-state index contributed by atoms with van der Waals surface area (Å²) in [6.07, 6.45) is 8.21. The van der Waals surface area contributed by atoms with Crippen LogP contribution in [0.1, 0.15) is 44.9 Å². The van der Waals surface area contributed by atoms with Crippen molar-refractivity contribution in [3.63, 3.8) is 0 Å². The Labute approximate surface area is 89.6 Å². The molecule has 0 spiro atoms. The van der Waals surface area contributed by atoms with E-state index in [1.165, 1.54) is 31.3 Å². The minimum Gasteiger partial charge on any atom is -0.350 e. The molecular weight excluding hydrogens is 190 g/mol. The molecule has 2 amide bonds. The lowest BCUT2D eigenvalue weighted by Gasteiger charge is -2.25. The molecule has 0 atom stereocenters. The van der Waals surface area contributed by atoms with Crippen LogP contribution in [-0.2, 0) is 0 Å². The summed E-state index contributed by atoms with van der Waals surface area (Å²) in [5.74, 6) is 0. The Balaban J connectivity index is 2.17. The minimum absolute atomic E-state index is 0.578. The number of amides is 2. The summed E-state index contributed by atoms with van der Waals surface area (Å²) in [7, 11) is 0. The van der Waals surface area contributed by atoms with Gasteiger partial charge in [-0.25, -0.2) is 10.2 Å². The van der Waals surface area contributed by atoms with Gasteiger partial charge in [0, 0.05) is 0 Å². The van der Waals surface area contributed by atoms with Crippen LogP contribution >= 0.6 is 0 Å². The molecule has 0 radical (unpaired) electrons. The molecule has 82 valence electrons. The van der Waals surface area contributed by atoms with Crippen molar-refractivity contribution in [3.8, 4) is 0 Å². The van der Waals surface area contributed by atoms with E-state index in [1.807, 2.05) is 0 Å². The van der Waals surface area contributed by atoms with Crippen LogP contribution in [-0.4, -0.2) is 11.7 Å². The summed E-state index contributed by atoms with van der Waals surface area (Å²) in [5.41, 5.74) is 11.3. The predicted octanol–water partition coefficient (Wildman–Crippen LogP) is 2.07. The molecule has 15 heavy (non-hydrogen) atoms. The molecule has 2 aliphatic rings. The molecule has 3 N–H and O–H groups in total. The van der Waals surface area contributed by atoms with Gasteiger partial charge in [0.05, 0.1) is 5.71 Å². The molecule has 0 bridgehead atoms. The summed E-state index contributed by atoms with van der Waals surface area (Å²) in [6.45, 7) is 0. The number of primary amides is 1. The van der Waals surface area contributed by atoms with Gasteiger partial charge >= 0.3 is 6.03 Å². The SMILES string of the molecule is NC(=O)NN=C1CCCC2=C1CCCC2. The molecule has 4 heteroatoms. The van der Waals surface area contributed by atoms with E-state index in [9.17, 15) is 4.79 Å². The van der Waals surface area contributed by atoms with Gasteiger partial charge in [-0.05, 0) is 50.5 Å². The Hall–Kier alpha value is -1.32. The van der Waals surface area contributed by atoms with Crippen molar-refractivity contribution >= 4 is 11.7 Å². The average Bonchev–Trinajstić information content (AvgIpc) is 2.26. The second-order valence-corrected chi connectivity index (χ2v) is 4.18. The molecule has 0 saturated carbocycles. The van der Waals surface area contributed by atoms with Crippen LogP contribution in [0, 0.1) is 0 Å². The van der Waals surface area contributed by atoms with Gasteiger partial charge < -0.3 is 5.73 Å². The summed E-state index contributed by atoms with van der Waals surface area (Å²) >= 11 is 0. The number of nitrogens with zero attached hydrogens (tertiary/aromatic N) is 1. The van der Waals surface area contributed by atoms with Crippen LogP contribution < -0.4 is 11.2 Å². The Morgan fingerprint density at radius 1 is 1.13 bits per heavy atom. The largest absolute Gasteiger partial charge is 0.350 e. The van der Waals surface area contributed by atoms with Crippen LogP contribution in [0.2, 0.25) is 0 Å². The Bertz CT molecular complexity index is 327. The second kappa shape index (κ2) is 4.47. The molecule has 0 aromatic heterocycles. The highest BCUT2D eigenvalue weighted by Crippen LogP contribution is 2.33. The normalized spacial score (nSPS) is 23.9. The Morgan fingerprint density at radius 2 is 1.87 bits per heavy atom. The van der Waals surface area contributed by atoms with Crippen LogP contribution in [0.15, 0.2) is 16.2 Å². The molecular formula is C11H17N3O. The molecule has 2 aliphatic carbocycles. The first-order valence-electron chi connectivity index (χ1n) is 5.60. The van der Waals surface area contributed by atoms with Crippen molar-refractivity contribution in [1.29, 1.82) is 0 Å². The first-order valence-corrected chi connectivity index (χ1v) is 5.60. The van der Waals surface area contributed by atoms with E-state index in [-0.39, 0.29) is 0 Å². The quantitative estimate of drug-likeness (QED) is 0.635. The second-order valence-electron chi connectivity index (χ2n) is 4.18. The molecule has 2 rings (SSSR count). The number of nitrogens with one attached hydrogen (secondary N) is 1. The highest BCUT2D eigenvalue weighted by Gasteiger charge is 2.21. The first-order chi connectivity index (χ1) is 7.27. The average molecular weight is 207 g/mol. The fraction of sp³-hybridized carbons (Fsp3) is 0.636. The molecule has 0 aromatic rings. The van der Waals surface area contributed by atoms with Crippen LogP contribution in [0.5, 0.6) is 0 Å². The van der Waals surface area contributed by atoms with E-state index in [4.69, 9.17) is 5.73 Å². The first kappa shape index (κ1) is 10.2. The zero-order valence-electron chi connectivity index (χ0n) is 8.88. The molecule has 0 aromatic carbocycles. The zero-order valence-corrected chi connectivity index (χ0v) is 8.88. The van der Waals surface area contributed by atoms with E-state index in [1.54, 1.807) is 5.57 Å². The lowest BCUT2D eigenvalue weighted by atomic mass is 9.81. The van der Waals surface area contributed by atoms with E-state index in [0.717, 1.165) is 25.0 Å². The van der Waals surface area contributed by atoms with E-state index in [0.29, 0.717) is 0 Å². The highest BCUT2D eigenvalue weighted by atomic mass is 16.2. The zero-order chi connectivity index (χ0) is 10.7. The number of hydrogen-bond donors (Lipinski definition) is 2. The van der Waals surface area contributed by atoms with Gasteiger partial charge in [0.25, 0.3) is 0 Å². The van der Waals surface area contributed by atoms with Crippen molar-refractivity contribution in [2.75, 3.05) is 0 Å².